The second-order valence-corrected chi connectivity index (χ2v) is 8.75. The number of aryl methyl sites for hydroxylation is 1. The molecule has 3 aromatic rings. The van der Waals surface area contributed by atoms with Gasteiger partial charge in [0.1, 0.15) is 6.61 Å². The number of nitrogens with one attached hydrogen (secondary N) is 1. The van der Waals surface area contributed by atoms with Gasteiger partial charge in [0.25, 0.3) is 0 Å². The fourth-order valence-corrected chi connectivity index (χ4v) is 3.80. The molecule has 0 fully saturated rings. The van der Waals surface area contributed by atoms with E-state index in [0.29, 0.717) is 35.5 Å². The monoisotopic (exact) mass is 482 g/mol. The molecule has 0 aromatic heterocycles. The van der Waals surface area contributed by atoms with Gasteiger partial charge in [-0.3, -0.25) is 4.79 Å². The quantitative estimate of drug-likeness (QED) is 0.268. The van der Waals surface area contributed by atoms with Crippen molar-refractivity contribution >= 4 is 35.5 Å². The fraction of sp³-hybridized carbons (Fsp3) is 0.231. The van der Waals surface area contributed by atoms with Gasteiger partial charge in [0.15, 0.2) is 11.5 Å². The Labute approximate surface area is 204 Å². The number of carbonyl (C=O) groups excluding carboxylic acids is 1. The molecule has 3 rings (SSSR count). The van der Waals surface area contributed by atoms with Crippen molar-refractivity contribution < 1.29 is 14.3 Å². The van der Waals surface area contributed by atoms with E-state index in [1.165, 1.54) is 11.1 Å². The number of halogens is 1. The molecule has 0 aliphatic rings. The van der Waals surface area contributed by atoms with Gasteiger partial charge in [-0.15, -0.1) is 11.8 Å². The molecule has 0 aliphatic heterocycles. The van der Waals surface area contributed by atoms with Crippen LogP contribution in [0.25, 0.3) is 0 Å². The first kappa shape index (κ1) is 24.7. The van der Waals surface area contributed by atoms with Gasteiger partial charge in [-0.1, -0.05) is 53.6 Å². The van der Waals surface area contributed by atoms with E-state index in [1.54, 1.807) is 18.0 Å². The van der Waals surface area contributed by atoms with Crippen molar-refractivity contribution in [1.82, 2.24) is 5.43 Å². The summed E-state index contributed by atoms with van der Waals surface area (Å²) >= 11 is 7.48. The summed E-state index contributed by atoms with van der Waals surface area (Å²) < 4.78 is 11.6. The maximum Gasteiger partial charge on any atom is 0.250 e. The summed E-state index contributed by atoms with van der Waals surface area (Å²) in [5, 5.41) is 4.75. The molecule has 0 atom stereocenters. The molecule has 3 aromatic carbocycles. The van der Waals surface area contributed by atoms with Gasteiger partial charge in [0.2, 0.25) is 5.91 Å². The highest BCUT2D eigenvalue weighted by Crippen LogP contribution is 2.29. The maximum atomic E-state index is 12.0. The largest absolute Gasteiger partial charge is 0.490 e. The number of amides is 1. The number of carbonyl (C=O) groups is 1. The van der Waals surface area contributed by atoms with Crippen molar-refractivity contribution in [1.29, 1.82) is 0 Å². The van der Waals surface area contributed by atoms with Crippen LogP contribution in [0.15, 0.2) is 71.8 Å². The molecule has 5 nitrogen and oxygen atoms in total. The fourth-order valence-electron chi connectivity index (χ4n) is 2.89. The van der Waals surface area contributed by atoms with Crippen molar-refractivity contribution in [3.05, 3.63) is 94.0 Å². The first-order valence-electron chi connectivity index (χ1n) is 10.6. The van der Waals surface area contributed by atoms with Gasteiger partial charge in [0.05, 0.1) is 18.6 Å². The van der Waals surface area contributed by atoms with Gasteiger partial charge in [-0.25, -0.2) is 5.43 Å². The van der Waals surface area contributed by atoms with Gasteiger partial charge >= 0.3 is 0 Å². The van der Waals surface area contributed by atoms with Crippen molar-refractivity contribution in [3.63, 3.8) is 0 Å². The standard InChI is InChI=1S/C26H27ClN2O3S/c1-3-31-25-14-22(10-13-24(25)32-16-20-8-11-23(27)12-9-20)15-28-29-26(30)18-33-17-21-6-4-19(2)5-7-21/h4-15H,3,16-18H2,1-2H3,(H,29,30)/b28-15+. The number of nitrogens with zero attached hydrogens (tertiary/aromatic N) is 1. The predicted molar refractivity (Wildman–Crippen MR) is 136 cm³/mol. The molecule has 7 heteroatoms. The minimum atomic E-state index is -0.142. The zero-order chi connectivity index (χ0) is 23.5. The average molecular weight is 483 g/mol. The molecule has 1 N–H and O–H groups in total. The molecule has 1 amide bonds. The SMILES string of the molecule is CCOc1cc(/C=N/NC(=O)CSCc2ccc(C)cc2)ccc1OCc1ccc(Cl)cc1. The number of thioether (sulfide) groups is 1. The van der Waals surface area contributed by atoms with Crippen LogP contribution >= 0.6 is 23.4 Å². The average Bonchev–Trinajstić information content (AvgIpc) is 2.81. The Bertz CT molecular complexity index is 1070. The van der Waals surface area contributed by atoms with Crippen molar-refractivity contribution in [3.8, 4) is 11.5 Å². The molecule has 0 saturated carbocycles. The number of rotatable bonds is 11. The van der Waals surface area contributed by atoms with Gasteiger partial charge in [0, 0.05) is 10.8 Å². The highest BCUT2D eigenvalue weighted by molar-refractivity contribution is 7.99. The first-order chi connectivity index (χ1) is 16.0. The van der Waals surface area contributed by atoms with Crippen molar-refractivity contribution in [2.24, 2.45) is 5.10 Å². The van der Waals surface area contributed by atoms with E-state index < -0.39 is 0 Å². The molecule has 33 heavy (non-hydrogen) atoms. The van der Waals surface area contributed by atoms with E-state index in [1.807, 2.05) is 49.4 Å². The van der Waals surface area contributed by atoms with Crippen LogP contribution in [-0.4, -0.2) is 24.5 Å². The lowest BCUT2D eigenvalue weighted by molar-refractivity contribution is -0.118. The van der Waals surface area contributed by atoms with Crippen LogP contribution < -0.4 is 14.9 Å². The number of hydrogen-bond donors (Lipinski definition) is 1. The normalized spacial score (nSPS) is 10.9. The lowest BCUT2D eigenvalue weighted by Crippen LogP contribution is -2.19. The van der Waals surface area contributed by atoms with Crippen LogP contribution in [0.2, 0.25) is 5.02 Å². The lowest BCUT2D eigenvalue weighted by atomic mass is 10.2. The Balaban J connectivity index is 1.49. The lowest BCUT2D eigenvalue weighted by Gasteiger charge is -2.12. The molecule has 0 unspecified atom stereocenters. The summed E-state index contributed by atoms with van der Waals surface area (Å²) in [7, 11) is 0. The summed E-state index contributed by atoms with van der Waals surface area (Å²) in [5.74, 6) is 2.24. The Morgan fingerprint density at radius 3 is 2.45 bits per heavy atom. The van der Waals surface area contributed by atoms with Crippen LogP contribution in [-0.2, 0) is 17.2 Å². The zero-order valence-corrected chi connectivity index (χ0v) is 20.3. The highest BCUT2D eigenvalue weighted by Gasteiger charge is 2.07. The van der Waals surface area contributed by atoms with Crippen LogP contribution in [0.1, 0.15) is 29.2 Å². The van der Waals surface area contributed by atoms with Crippen molar-refractivity contribution in [2.45, 2.75) is 26.2 Å². The predicted octanol–water partition coefficient (Wildman–Crippen LogP) is 6.01. The van der Waals surface area contributed by atoms with Gasteiger partial charge < -0.3 is 9.47 Å². The highest BCUT2D eigenvalue weighted by atomic mass is 35.5. The zero-order valence-electron chi connectivity index (χ0n) is 18.7. The summed E-state index contributed by atoms with van der Waals surface area (Å²) in [6, 6.07) is 21.4. The molecular formula is C26H27ClN2O3S. The van der Waals surface area contributed by atoms with Crippen LogP contribution in [0.3, 0.4) is 0 Å². The van der Waals surface area contributed by atoms with Crippen LogP contribution in [0.5, 0.6) is 11.5 Å². The molecule has 0 radical (unpaired) electrons. The van der Waals surface area contributed by atoms with E-state index in [4.69, 9.17) is 21.1 Å². The third-order valence-corrected chi connectivity index (χ3v) is 5.86. The first-order valence-corrected chi connectivity index (χ1v) is 12.2. The topological polar surface area (TPSA) is 59.9 Å². The molecule has 172 valence electrons. The maximum absolute atomic E-state index is 12.0. The van der Waals surface area contributed by atoms with E-state index in [0.717, 1.165) is 16.9 Å². The molecular weight excluding hydrogens is 456 g/mol. The van der Waals surface area contributed by atoms with Crippen molar-refractivity contribution in [2.75, 3.05) is 12.4 Å². The van der Waals surface area contributed by atoms with Gasteiger partial charge in [-0.05, 0) is 60.9 Å². The molecule has 0 heterocycles. The van der Waals surface area contributed by atoms with E-state index in [-0.39, 0.29) is 5.91 Å². The number of ether oxygens (including phenoxy) is 2. The Kier molecular flexibility index (Phi) is 9.66. The third kappa shape index (κ3) is 8.48. The Morgan fingerprint density at radius 1 is 1.00 bits per heavy atom. The van der Waals surface area contributed by atoms with E-state index >= 15 is 0 Å². The van der Waals surface area contributed by atoms with Gasteiger partial charge in [-0.2, -0.15) is 5.10 Å². The van der Waals surface area contributed by atoms with E-state index in [9.17, 15) is 4.79 Å². The second-order valence-electron chi connectivity index (χ2n) is 7.33. The molecule has 0 spiro atoms. The smallest absolute Gasteiger partial charge is 0.250 e. The third-order valence-electron chi connectivity index (χ3n) is 4.60. The number of hydrazone groups is 1. The summed E-state index contributed by atoms with van der Waals surface area (Å²) in [6.07, 6.45) is 1.59. The Hall–Kier alpha value is -2.96. The minimum absolute atomic E-state index is 0.142. The molecule has 0 saturated heterocycles. The minimum Gasteiger partial charge on any atom is -0.490 e. The molecule has 0 bridgehead atoms. The summed E-state index contributed by atoms with van der Waals surface area (Å²) in [5.41, 5.74) is 6.80. The number of hydrogen-bond acceptors (Lipinski definition) is 5. The van der Waals surface area contributed by atoms with E-state index in [2.05, 4.69) is 41.7 Å². The summed E-state index contributed by atoms with van der Waals surface area (Å²) in [4.78, 5) is 12.0. The Morgan fingerprint density at radius 2 is 1.73 bits per heavy atom. The summed E-state index contributed by atoms with van der Waals surface area (Å²) in [6.45, 7) is 4.88. The second kappa shape index (κ2) is 12.9. The van der Waals surface area contributed by atoms with Crippen LogP contribution in [0.4, 0.5) is 0 Å². The number of benzene rings is 3. The molecule has 0 aliphatic carbocycles. The van der Waals surface area contributed by atoms with Crippen LogP contribution in [0, 0.1) is 6.92 Å².